The lowest BCUT2D eigenvalue weighted by atomic mass is 10.0. The van der Waals surface area contributed by atoms with Crippen molar-refractivity contribution < 1.29 is 19.1 Å². The Kier molecular flexibility index (Phi) is 6.36. The minimum absolute atomic E-state index is 0.0960. The van der Waals surface area contributed by atoms with E-state index in [1.54, 1.807) is 0 Å². The lowest BCUT2D eigenvalue weighted by Crippen LogP contribution is -2.32. The molecule has 3 rings (SSSR count). The van der Waals surface area contributed by atoms with Crippen LogP contribution in [0.3, 0.4) is 0 Å². The number of fused-ring (bicyclic) bond motifs is 1. The molecule has 7 heteroatoms. The van der Waals surface area contributed by atoms with Crippen molar-refractivity contribution in [3.05, 3.63) is 54.1 Å². The molecule has 0 fully saturated rings. The van der Waals surface area contributed by atoms with Crippen LogP contribution >= 0.6 is 11.8 Å². The number of carbonyl (C=O) groups excluding carboxylic acids is 3. The van der Waals surface area contributed by atoms with Gasteiger partial charge in [0.1, 0.15) is 0 Å². The fourth-order valence-corrected chi connectivity index (χ4v) is 3.83. The number of para-hydroxylation sites is 1. The van der Waals surface area contributed by atoms with E-state index in [4.69, 9.17) is 4.74 Å². The van der Waals surface area contributed by atoms with Crippen molar-refractivity contribution in [2.75, 3.05) is 17.2 Å². The average molecular weight is 398 g/mol. The molecule has 0 spiro atoms. The Morgan fingerprint density at radius 3 is 2.57 bits per heavy atom. The van der Waals surface area contributed by atoms with Gasteiger partial charge in [0, 0.05) is 10.6 Å². The molecule has 0 aliphatic carbocycles. The lowest BCUT2D eigenvalue weighted by molar-refractivity contribution is -0.147. The molecule has 1 aliphatic rings. The maximum Gasteiger partial charge on any atom is 0.307 e. The summed E-state index contributed by atoms with van der Waals surface area (Å²) < 4.78 is 5.03. The summed E-state index contributed by atoms with van der Waals surface area (Å²) in [5, 5.41) is 4.89. The molecule has 0 radical (unpaired) electrons. The smallest absolute Gasteiger partial charge is 0.307 e. The third-order valence-corrected chi connectivity index (χ3v) is 5.56. The molecule has 2 N–H and O–H groups in total. The predicted octanol–water partition coefficient (Wildman–Crippen LogP) is 3.79. The molecule has 0 saturated carbocycles. The second kappa shape index (κ2) is 8.93. The van der Waals surface area contributed by atoms with Crippen LogP contribution in [0.25, 0.3) is 0 Å². The number of nitrogens with one attached hydrogen (secondary N) is 2. The van der Waals surface area contributed by atoms with E-state index >= 15 is 0 Å². The van der Waals surface area contributed by atoms with Crippen LogP contribution in [0.4, 0.5) is 11.4 Å². The SMILES string of the molecule is CC(C)c1ccc(NC(=O)COC(=O)C[C@H]2Sc3ccccc3NC2=O)cc1. The molecule has 1 atom stereocenters. The zero-order valence-electron chi connectivity index (χ0n) is 15.7. The molecule has 28 heavy (non-hydrogen) atoms. The highest BCUT2D eigenvalue weighted by Gasteiger charge is 2.29. The highest BCUT2D eigenvalue weighted by molar-refractivity contribution is 8.01. The molecule has 146 valence electrons. The molecule has 0 aromatic heterocycles. The van der Waals surface area contributed by atoms with E-state index in [-0.39, 0.29) is 18.9 Å². The van der Waals surface area contributed by atoms with E-state index in [0.29, 0.717) is 11.6 Å². The van der Waals surface area contributed by atoms with Crippen molar-refractivity contribution >= 4 is 40.9 Å². The Bertz CT molecular complexity index is 880. The molecule has 2 aromatic rings. The summed E-state index contributed by atoms with van der Waals surface area (Å²) in [7, 11) is 0. The molecule has 0 unspecified atom stereocenters. The molecule has 2 aromatic carbocycles. The number of ether oxygens (including phenoxy) is 1. The Hall–Kier alpha value is -2.80. The summed E-state index contributed by atoms with van der Waals surface area (Å²) in [6.07, 6.45) is -0.0960. The number of hydrogen-bond donors (Lipinski definition) is 2. The first-order valence-electron chi connectivity index (χ1n) is 9.04. The zero-order valence-corrected chi connectivity index (χ0v) is 16.5. The van der Waals surface area contributed by atoms with Crippen LogP contribution in [0.15, 0.2) is 53.4 Å². The first-order valence-corrected chi connectivity index (χ1v) is 9.92. The molecule has 1 aliphatic heterocycles. The van der Waals surface area contributed by atoms with Crippen molar-refractivity contribution in [3.8, 4) is 0 Å². The van der Waals surface area contributed by atoms with Crippen LogP contribution in [-0.2, 0) is 19.1 Å². The van der Waals surface area contributed by atoms with Gasteiger partial charge in [-0.2, -0.15) is 0 Å². The van der Waals surface area contributed by atoms with Gasteiger partial charge in [-0.25, -0.2) is 0 Å². The number of amides is 2. The third-order valence-electron chi connectivity index (χ3n) is 4.28. The summed E-state index contributed by atoms with van der Waals surface area (Å²) in [6, 6.07) is 14.9. The minimum Gasteiger partial charge on any atom is -0.456 e. The highest BCUT2D eigenvalue weighted by atomic mass is 32.2. The van der Waals surface area contributed by atoms with Crippen molar-refractivity contribution in [2.45, 2.75) is 36.3 Å². The first-order chi connectivity index (χ1) is 13.4. The molecule has 6 nitrogen and oxygen atoms in total. The van der Waals surface area contributed by atoms with Gasteiger partial charge in [0.25, 0.3) is 5.91 Å². The summed E-state index contributed by atoms with van der Waals surface area (Å²) in [5.41, 5.74) is 2.56. The number of carbonyl (C=O) groups is 3. The van der Waals surface area contributed by atoms with Crippen molar-refractivity contribution in [1.82, 2.24) is 0 Å². The number of rotatable bonds is 6. The van der Waals surface area contributed by atoms with Gasteiger partial charge in [0.2, 0.25) is 5.91 Å². The Morgan fingerprint density at radius 2 is 1.86 bits per heavy atom. The maximum atomic E-state index is 12.1. The van der Waals surface area contributed by atoms with Gasteiger partial charge in [0.15, 0.2) is 6.61 Å². The number of thioether (sulfide) groups is 1. The van der Waals surface area contributed by atoms with Gasteiger partial charge in [-0.05, 0) is 35.7 Å². The van der Waals surface area contributed by atoms with Gasteiger partial charge >= 0.3 is 5.97 Å². The predicted molar refractivity (Wildman–Crippen MR) is 109 cm³/mol. The van der Waals surface area contributed by atoms with Crippen LogP contribution in [0, 0.1) is 0 Å². The van der Waals surface area contributed by atoms with Crippen molar-refractivity contribution in [3.63, 3.8) is 0 Å². The number of benzene rings is 2. The second-order valence-electron chi connectivity index (χ2n) is 6.78. The average Bonchev–Trinajstić information content (AvgIpc) is 2.67. The van der Waals surface area contributed by atoms with Crippen LogP contribution in [0.5, 0.6) is 0 Å². The topological polar surface area (TPSA) is 84.5 Å². The second-order valence-corrected chi connectivity index (χ2v) is 8.03. The molecule has 0 saturated heterocycles. The number of hydrogen-bond acceptors (Lipinski definition) is 5. The van der Waals surface area contributed by atoms with E-state index in [1.165, 1.54) is 17.3 Å². The third kappa shape index (κ3) is 5.13. The summed E-state index contributed by atoms with van der Waals surface area (Å²) >= 11 is 1.32. The van der Waals surface area contributed by atoms with Gasteiger partial charge < -0.3 is 15.4 Å². The summed E-state index contributed by atoms with van der Waals surface area (Å²) in [4.78, 5) is 37.1. The quantitative estimate of drug-likeness (QED) is 0.723. The molecular formula is C21H22N2O4S. The fraction of sp³-hybridized carbons (Fsp3) is 0.286. The van der Waals surface area contributed by atoms with Gasteiger partial charge in [0.05, 0.1) is 17.4 Å². The van der Waals surface area contributed by atoms with E-state index < -0.39 is 17.1 Å². The maximum absolute atomic E-state index is 12.1. The number of esters is 1. The highest BCUT2D eigenvalue weighted by Crippen LogP contribution is 2.36. The Balaban J connectivity index is 1.46. The van der Waals surface area contributed by atoms with Gasteiger partial charge in [-0.1, -0.05) is 38.1 Å². The Morgan fingerprint density at radius 1 is 1.14 bits per heavy atom. The first kappa shape index (κ1) is 19.9. The lowest BCUT2D eigenvalue weighted by Gasteiger charge is -2.23. The summed E-state index contributed by atoms with van der Waals surface area (Å²) in [5.74, 6) is -0.836. The zero-order chi connectivity index (χ0) is 20.1. The molecule has 1 heterocycles. The van der Waals surface area contributed by atoms with E-state index in [9.17, 15) is 14.4 Å². The molecule has 0 bridgehead atoms. The largest absolute Gasteiger partial charge is 0.456 e. The van der Waals surface area contributed by atoms with Crippen LogP contribution < -0.4 is 10.6 Å². The van der Waals surface area contributed by atoms with Crippen LogP contribution in [-0.4, -0.2) is 29.6 Å². The van der Waals surface area contributed by atoms with E-state index in [2.05, 4.69) is 24.5 Å². The van der Waals surface area contributed by atoms with Gasteiger partial charge in [-0.3, -0.25) is 14.4 Å². The monoisotopic (exact) mass is 398 g/mol. The van der Waals surface area contributed by atoms with Gasteiger partial charge in [-0.15, -0.1) is 11.8 Å². The minimum atomic E-state index is -0.586. The fourth-order valence-electron chi connectivity index (χ4n) is 2.73. The Labute approximate surface area is 168 Å². The van der Waals surface area contributed by atoms with Crippen LogP contribution in [0.2, 0.25) is 0 Å². The van der Waals surface area contributed by atoms with Crippen LogP contribution in [0.1, 0.15) is 31.7 Å². The summed E-state index contributed by atoms with van der Waals surface area (Å²) in [6.45, 7) is 3.80. The number of anilines is 2. The van der Waals surface area contributed by atoms with E-state index in [1.807, 2.05) is 48.5 Å². The van der Waals surface area contributed by atoms with E-state index in [0.717, 1.165) is 10.6 Å². The van der Waals surface area contributed by atoms with Crippen molar-refractivity contribution in [2.24, 2.45) is 0 Å². The standard InChI is InChI=1S/C21H22N2O4S/c1-13(2)14-7-9-15(10-8-14)22-19(24)12-27-20(25)11-18-21(26)23-16-5-3-4-6-17(16)28-18/h3-10,13,18H,11-12H2,1-2H3,(H,22,24)(H,23,26)/t18-/m1/s1. The molecule has 2 amide bonds. The normalized spacial score (nSPS) is 15.5. The van der Waals surface area contributed by atoms with Crippen molar-refractivity contribution in [1.29, 1.82) is 0 Å². The molecular weight excluding hydrogens is 376 g/mol.